The molecule has 1 rings (SSSR count). The standard InChI is InChI=1S/C16H26N2O/c1-4-12-18(13-5-2)16(19)17-11-10-15-8-6-14(3)7-9-15/h6-9H,4-5,10-13H2,1-3H3,(H,17,19). The molecule has 0 atom stereocenters. The van der Waals surface area contributed by atoms with Crippen molar-refractivity contribution in [3.63, 3.8) is 0 Å². The van der Waals surface area contributed by atoms with Crippen molar-refractivity contribution in [3.8, 4) is 0 Å². The molecule has 1 N–H and O–H groups in total. The minimum absolute atomic E-state index is 0.0656. The van der Waals surface area contributed by atoms with Gasteiger partial charge in [0.25, 0.3) is 0 Å². The Balaban J connectivity index is 2.34. The summed E-state index contributed by atoms with van der Waals surface area (Å²) in [6.07, 6.45) is 2.90. The number of aryl methyl sites for hydroxylation is 1. The molecule has 0 saturated heterocycles. The summed E-state index contributed by atoms with van der Waals surface area (Å²) >= 11 is 0. The molecule has 0 fully saturated rings. The van der Waals surface area contributed by atoms with E-state index in [1.54, 1.807) is 0 Å². The molecule has 0 unspecified atom stereocenters. The Morgan fingerprint density at radius 3 is 2.21 bits per heavy atom. The first-order chi connectivity index (χ1) is 9.17. The number of amides is 2. The normalized spacial score (nSPS) is 10.3. The Morgan fingerprint density at radius 1 is 1.11 bits per heavy atom. The SMILES string of the molecule is CCCN(CCC)C(=O)NCCc1ccc(C)cc1. The minimum Gasteiger partial charge on any atom is -0.338 e. The largest absolute Gasteiger partial charge is 0.338 e. The zero-order chi connectivity index (χ0) is 14.1. The van der Waals surface area contributed by atoms with E-state index in [0.29, 0.717) is 6.54 Å². The van der Waals surface area contributed by atoms with Crippen LogP contribution in [-0.4, -0.2) is 30.6 Å². The molecule has 0 aliphatic rings. The zero-order valence-electron chi connectivity index (χ0n) is 12.4. The van der Waals surface area contributed by atoms with Crippen LogP contribution >= 0.6 is 0 Å². The van der Waals surface area contributed by atoms with Gasteiger partial charge in [0.2, 0.25) is 0 Å². The second-order valence-corrected chi connectivity index (χ2v) is 4.95. The van der Waals surface area contributed by atoms with Crippen molar-refractivity contribution in [2.45, 2.75) is 40.0 Å². The molecule has 2 amide bonds. The molecule has 0 aliphatic heterocycles. The average molecular weight is 262 g/mol. The number of nitrogens with one attached hydrogen (secondary N) is 1. The van der Waals surface area contributed by atoms with Gasteiger partial charge in [-0.25, -0.2) is 4.79 Å². The first-order valence-electron chi connectivity index (χ1n) is 7.25. The van der Waals surface area contributed by atoms with E-state index in [9.17, 15) is 4.79 Å². The van der Waals surface area contributed by atoms with Crippen molar-refractivity contribution in [3.05, 3.63) is 35.4 Å². The Hall–Kier alpha value is -1.51. The Morgan fingerprint density at radius 2 is 1.68 bits per heavy atom. The predicted octanol–water partition coefficient (Wildman–Crippen LogP) is 3.37. The Bertz CT molecular complexity index is 367. The highest BCUT2D eigenvalue weighted by atomic mass is 16.2. The lowest BCUT2D eigenvalue weighted by Crippen LogP contribution is -2.41. The molecule has 0 saturated carbocycles. The number of carbonyl (C=O) groups excluding carboxylic acids is 1. The minimum atomic E-state index is 0.0656. The van der Waals surface area contributed by atoms with Gasteiger partial charge < -0.3 is 10.2 Å². The van der Waals surface area contributed by atoms with Gasteiger partial charge in [0, 0.05) is 19.6 Å². The highest BCUT2D eigenvalue weighted by Gasteiger charge is 2.10. The maximum atomic E-state index is 12.0. The van der Waals surface area contributed by atoms with Crippen LogP contribution in [0.5, 0.6) is 0 Å². The van der Waals surface area contributed by atoms with Crippen molar-refractivity contribution in [2.75, 3.05) is 19.6 Å². The van der Waals surface area contributed by atoms with Crippen LogP contribution < -0.4 is 5.32 Å². The van der Waals surface area contributed by atoms with Crippen LogP contribution in [0.25, 0.3) is 0 Å². The number of carbonyl (C=O) groups is 1. The number of rotatable bonds is 7. The van der Waals surface area contributed by atoms with E-state index < -0.39 is 0 Å². The van der Waals surface area contributed by atoms with Gasteiger partial charge in [0.05, 0.1) is 0 Å². The summed E-state index contributed by atoms with van der Waals surface area (Å²) in [6, 6.07) is 8.53. The van der Waals surface area contributed by atoms with E-state index in [0.717, 1.165) is 32.4 Å². The van der Waals surface area contributed by atoms with E-state index >= 15 is 0 Å². The molecule has 0 radical (unpaired) electrons. The fourth-order valence-corrected chi connectivity index (χ4v) is 2.04. The van der Waals surface area contributed by atoms with Crippen molar-refractivity contribution < 1.29 is 4.79 Å². The van der Waals surface area contributed by atoms with Crippen molar-refractivity contribution in [2.24, 2.45) is 0 Å². The van der Waals surface area contributed by atoms with E-state index in [4.69, 9.17) is 0 Å². The summed E-state index contributed by atoms with van der Waals surface area (Å²) in [5.74, 6) is 0. The number of hydrogen-bond acceptors (Lipinski definition) is 1. The van der Waals surface area contributed by atoms with E-state index in [1.807, 2.05) is 4.90 Å². The highest BCUT2D eigenvalue weighted by Crippen LogP contribution is 2.03. The fourth-order valence-electron chi connectivity index (χ4n) is 2.04. The first-order valence-corrected chi connectivity index (χ1v) is 7.25. The molecule has 0 bridgehead atoms. The maximum Gasteiger partial charge on any atom is 0.317 e. The van der Waals surface area contributed by atoms with Gasteiger partial charge in [-0.3, -0.25) is 0 Å². The third-order valence-corrected chi connectivity index (χ3v) is 3.08. The lowest BCUT2D eigenvalue weighted by atomic mass is 10.1. The molecule has 3 heteroatoms. The van der Waals surface area contributed by atoms with Gasteiger partial charge in [-0.05, 0) is 31.7 Å². The monoisotopic (exact) mass is 262 g/mol. The van der Waals surface area contributed by atoms with E-state index in [-0.39, 0.29) is 6.03 Å². The lowest BCUT2D eigenvalue weighted by molar-refractivity contribution is 0.198. The third kappa shape index (κ3) is 5.77. The molecule has 0 spiro atoms. The summed E-state index contributed by atoms with van der Waals surface area (Å²) in [5.41, 5.74) is 2.54. The van der Waals surface area contributed by atoms with Gasteiger partial charge in [0.1, 0.15) is 0 Å². The van der Waals surface area contributed by atoms with Gasteiger partial charge in [-0.2, -0.15) is 0 Å². The second kappa shape index (κ2) is 8.57. The van der Waals surface area contributed by atoms with Crippen LogP contribution in [0.3, 0.4) is 0 Å². The second-order valence-electron chi connectivity index (χ2n) is 4.95. The molecular formula is C16H26N2O. The molecule has 0 aliphatic carbocycles. The molecular weight excluding hydrogens is 236 g/mol. The van der Waals surface area contributed by atoms with Crippen LogP contribution in [-0.2, 0) is 6.42 Å². The molecule has 106 valence electrons. The van der Waals surface area contributed by atoms with E-state index in [2.05, 4.69) is 50.4 Å². The smallest absolute Gasteiger partial charge is 0.317 e. The quantitative estimate of drug-likeness (QED) is 0.803. The number of benzene rings is 1. The molecule has 19 heavy (non-hydrogen) atoms. The summed E-state index contributed by atoms with van der Waals surface area (Å²) in [5, 5.41) is 3.00. The average Bonchev–Trinajstić information content (AvgIpc) is 2.40. The topological polar surface area (TPSA) is 32.3 Å². The predicted molar refractivity (Wildman–Crippen MR) is 80.4 cm³/mol. The molecule has 1 aromatic rings. The van der Waals surface area contributed by atoms with E-state index in [1.165, 1.54) is 11.1 Å². The fraction of sp³-hybridized carbons (Fsp3) is 0.562. The number of urea groups is 1. The number of hydrogen-bond donors (Lipinski definition) is 1. The summed E-state index contributed by atoms with van der Waals surface area (Å²) in [4.78, 5) is 13.9. The Labute approximate surface area is 117 Å². The molecule has 3 nitrogen and oxygen atoms in total. The van der Waals surface area contributed by atoms with Crippen LogP contribution in [0.1, 0.15) is 37.8 Å². The van der Waals surface area contributed by atoms with Crippen LogP contribution in [0.15, 0.2) is 24.3 Å². The first kappa shape index (κ1) is 15.5. The molecule has 1 aromatic carbocycles. The number of nitrogens with zero attached hydrogens (tertiary/aromatic N) is 1. The van der Waals surface area contributed by atoms with Crippen molar-refractivity contribution >= 4 is 6.03 Å². The summed E-state index contributed by atoms with van der Waals surface area (Å²) < 4.78 is 0. The summed E-state index contributed by atoms with van der Waals surface area (Å²) in [7, 11) is 0. The van der Waals surface area contributed by atoms with Gasteiger partial charge >= 0.3 is 6.03 Å². The van der Waals surface area contributed by atoms with Crippen molar-refractivity contribution in [1.29, 1.82) is 0 Å². The third-order valence-electron chi connectivity index (χ3n) is 3.08. The lowest BCUT2D eigenvalue weighted by Gasteiger charge is -2.21. The molecule has 0 aromatic heterocycles. The Kier molecular flexibility index (Phi) is 7.01. The van der Waals surface area contributed by atoms with Gasteiger partial charge in [0.15, 0.2) is 0 Å². The van der Waals surface area contributed by atoms with Gasteiger partial charge in [-0.15, -0.1) is 0 Å². The van der Waals surface area contributed by atoms with Gasteiger partial charge in [-0.1, -0.05) is 43.7 Å². The van der Waals surface area contributed by atoms with Crippen LogP contribution in [0, 0.1) is 6.92 Å². The van der Waals surface area contributed by atoms with Crippen LogP contribution in [0.4, 0.5) is 4.79 Å². The van der Waals surface area contributed by atoms with Crippen LogP contribution in [0.2, 0.25) is 0 Å². The highest BCUT2D eigenvalue weighted by molar-refractivity contribution is 5.74. The maximum absolute atomic E-state index is 12.0. The zero-order valence-corrected chi connectivity index (χ0v) is 12.4. The van der Waals surface area contributed by atoms with Crippen molar-refractivity contribution in [1.82, 2.24) is 10.2 Å². The summed E-state index contributed by atoms with van der Waals surface area (Å²) in [6.45, 7) is 8.66. The molecule has 0 heterocycles.